The Kier molecular flexibility index (Phi) is 4.02. The van der Waals surface area contributed by atoms with Crippen molar-refractivity contribution in [3.05, 3.63) is 18.0 Å². The normalized spacial score (nSPS) is 14.8. The summed E-state index contributed by atoms with van der Waals surface area (Å²) in [7, 11) is 0.628. The van der Waals surface area contributed by atoms with Gasteiger partial charge >= 0.3 is 5.97 Å². The molecule has 0 saturated heterocycles. The summed E-state index contributed by atoms with van der Waals surface area (Å²) in [5, 5.41) is 12.2. The molecule has 0 aliphatic carbocycles. The van der Waals surface area contributed by atoms with Gasteiger partial charge in [-0.2, -0.15) is 5.10 Å². The fourth-order valence-electron chi connectivity index (χ4n) is 1.19. The van der Waals surface area contributed by atoms with Gasteiger partial charge in [-0.1, -0.05) is 6.92 Å². The highest BCUT2D eigenvalue weighted by Gasteiger charge is 2.15. The Morgan fingerprint density at radius 1 is 1.73 bits per heavy atom. The average molecular weight is 230 g/mol. The van der Waals surface area contributed by atoms with Crippen LogP contribution in [0.3, 0.4) is 0 Å². The fraction of sp³-hybridized carbons (Fsp3) is 0.556. The number of aromatic nitrogens is 2. The lowest BCUT2D eigenvalue weighted by atomic mass is 10.3. The Hall–Kier alpha value is -1.17. The number of carboxylic acids is 1. The second kappa shape index (κ2) is 5.06. The van der Waals surface area contributed by atoms with Crippen LogP contribution in [0, 0.1) is 0 Å². The number of hydrogen-bond donors (Lipinski definition) is 1. The first-order valence-corrected chi connectivity index (χ1v) is 5.93. The quantitative estimate of drug-likeness (QED) is 0.801. The number of carbonyl (C=O) groups is 1. The van der Waals surface area contributed by atoms with Crippen LogP contribution in [0.15, 0.2) is 12.4 Å². The summed E-state index contributed by atoms with van der Waals surface area (Å²) < 4.78 is 13.3. The predicted octanol–water partition coefficient (Wildman–Crippen LogP) is 0.532. The van der Waals surface area contributed by atoms with Crippen molar-refractivity contribution < 1.29 is 14.1 Å². The Morgan fingerprint density at radius 3 is 2.87 bits per heavy atom. The predicted molar refractivity (Wildman–Crippen MR) is 56.8 cm³/mol. The molecule has 0 aromatic carbocycles. The average Bonchev–Trinajstić information content (AvgIpc) is 2.50. The van der Waals surface area contributed by atoms with Gasteiger partial charge in [-0.15, -0.1) is 0 Å². The third kappa shape index (κ3) is 3.83. The topological polar surface area (TPSA) is 72.2 Å². The maximum absolute atomic E-state index is 11.7. The van der Waals surface area contributed by atoms with Crippen LogP contribution in [0.2, 0.25) is 0 Å². The molecule has 1 aromatic rings. The summed E-state index contributed by atoms with van der Waals surface area (Å²) in [5.74, 6) is -0.551. The molecule has 1 N–H and O–H groups in total. The van der Waals surface area contributed by atoms with E-state index in [0.717, 1.165) is 5.56 Å². The lowest BCUT2D eigenvalue weighted by Crippen LogP contribution is -2.16. The zero-order valence-corrected chi connectivity index (χ0v) is 9.53. The van der Waals surface area contributed by atoms with E-state index in [-0.39, 0.29) is 11.7 Å². The van der Waals surface area contributed by atoms with Crippen LogP contribution in [0.1, 0.15) is 18.9 Å². The largest absolute Gasteiger partial charge is 0.481 e. The highest BCUT2D eigenvalue weighted by molar-refractivity contribution is 7.84. The lowest BCUT2D eigenvalue weighted by molar-refractivity contribution is -0.136. The van der Waals surface area contributed by atoms with E-state index in [1.54, 1.807) is 31.0 Å². The van der Waals surface area contributed by atoms with E-state index in [0.29, 0.717) is 5.75 Å². The molecule has 1 rings (SSSR count). The third-order valence-corrected chi connectivity index (χ3v) is 3.66. The van der Waals surface area contributed by atoms with Crippen LogP contribution in [-0.2, 0) is 28.4 Å². The molecule has 0 saturated carbocycles. The summed E-state index contributed by atoms with van der Waals surface area (Å²) in [6.45, 7) is 1.68. The minimum absolute atomic E-state index is 0.0626. The molecule has 0 spiro atoms. The van der Waals surface area contributed by atoms with Crippen molar-refractivity contribution in [3.8, 4) is 0 Å². The number of aliphatic carboxylic acids is 1. The smallest absolute Gasteiger partial charge is 0.304 e. The van der Waals surface area contributed by atoms with Gasteiger partial charge in [0.2, 0.25) is 0 Å². The lowest BCUT2D eigenvalue weighted by Gasteiger charge is -2.07. The Morgan fingerprint density at radius 2 is 2.40 bits per heavy atom. The van der Waals surface area contributed by atoms with Crippen molar-refractivity contribution in [2.75, 3.05) is 0 Å². The minimum Gasteiger partial charge on any atom is -0.481 e. The molecule has 1 heterocycles. The van der Waals surface area contributed by atoms with E-state index in [1.807, 2.05) is 0 Å². The van der Waals surface area contributed by atoms with Crippen molar-refractivity contribution in [1.29, 1.82) is 0 Å². The third-order valence-electron chi connectivity index (χ3n) is 1.98. The molecule has 5 nitrogen and oxygen atoms in total. The first kappa shape index (κ1) is 11.9. The zero-order chi connectivity index (χ0) is 11.4. The van der Waals surface area contributed by atoms with E-state index < -0.39 is 16.8 Å². The van der Waals surface area contributed by atoms with Crippen LogP contribution in [0.25, 0.3) is 0 Å². The van der Waals surface area contributed by atoms with E-state index in [9.17, 15) is 9.00 Å². The van der Waals surface area contributed by atoms with Gasteiger partial charge in [-0.05, 0) is 0 Å². The fourth-order valence-corrected chi connectivity index (χ4v) is 2.28. The van der Waals surface area contributed by atoms with Crippen molar-refractivity contribution in [2.24, 2.45) is 7.05 Å². The zero-order valence-electron chi connectivity index (χ0n) is 8.71. The number of nitrogens with zero attached hydrogens (tertiary/aromatic N) is 2. The van der Waals surface area contributed by atoms with Crippen LogP contribution < -0.4 is 0 Å². The van der Waals surface area contributed by atoms with E-state index in [4.69, 9.17) is 5.11 Å². The van der Waals surface area contributed by atoms with Gasteiger partial charge in [-0.3, -0.25) is 13.7 Å². The van der Waals surface area contributed by atoms with Gasteiger partial charge in [0.05, 0.1) is 18.4 Å². The summed E-state index contributed by atoms with van der Waals surface area (Å²) in [6.07, 6.45) is 3.36. The van der Waals surface area contributed by atoms with Crippen molar-refractivity contribution in [1.82, 2.24) is 9.78 Å². The first-order chi connectivity index (χ1) is 6.99. The van der Waals surface area contributed by atoms with E-state index in [2.05, 4.69) is 5.10 Å². The maximum Gasteiger partial charge on any atom is 0.304 e. The molecule has 2 unspecified atom stereocenters. The maximum atomic E-state index is 11.7. The van der Waals surface area contributed by atoms with Gasteiger partial charge < -0.3 is 5.11 Å². The molecule has 1 aromatic heterocycles. The van der Waals surface area contributed by atoms with Crippen molar-refractivity contribution >= 4 is 16.8 Å². The Balaban J connectivity index is 2.52. The van der Waals surface area contributed by atoms with E-state index in [1.165, 1.54) is 0 Å². The van der Waals surface area contributed by atoms with Gasteiger partial charge in [-0.25, -0.2) is 0 Å². The molecule has 6 heteroatoms. The van der Waals surface area contributed by atoms with Crippen LogP contribution in [0.4, 0.5) is 0 Å². The van der Waals surface area contributed by atoms with Crippen LogP contribution >= 0.6 is 0 Å². The molecule has 0 radical (unpaired) electrons. The Bertz CT molecular complexity index is 375. The van der Waals surface area contributed by atoms with Gasteiger partial charge in [0.15, 0.2) is 0 Å². The number of aryl methyl sites for hydroxylation is 1. The molecule has 0 bridgehead atoms. The number of rotatable bonds is 5. The van der Waals surface area contributed by atoms with Gasteiger partial charge in [0.1, 0.15) is 0 Å². The van der Waals surface area contributed by atoms with E-state index >= 15 is 0 Å². The summed E-state index contributed by atoms with van der Waals surface area (Å²) in [5.41, 5.74) is 0.869. The number of carboxylic acid groups (broad SMARTS) is 1. The van der Waals surface area contributed by atoms with Gasteiger partial charge in [0.25, 0.3) is 0 Å². The standard InChI is InChI=1S/C9H14N2O3S/c1-7(3-9(12)13)15(14)6-8-4-10-11(2)5-8/h4-5,7H,3,6H2,1-2H3,(H,12,13). The molecule has 15 heavy (non-hydrogen) atoms. The molecule has 2 atom stereocenters. The Labute approximate surface area is 90.6 Å². The summed E-state index contributed by atoms with van der Waals surface area (Å²) >= 11 is 0. The molecule has 0 aliphatic rings. The molecule has 84 valence electrons. The highest BCUT2D eigenvalue weighted by Crippen LogP contribution is 2.08. The first-order valence-electron chi connectivity index (χ1n) is 4.55. The van der Waals surface area contributed by atoms with Crippen molar-refractivity contribution in [2.45, 2.75) is 24.3 Å². The molecule has 0 fully saturated rings. The molecule has 0 aliphatic heterocycles. The van der Waals surface area contributed by atoms with Gasteiger partial charge in [0, 0.05) is 34.9 Å². The molecular formula is C9H14N2O3S. The second-order valence-electron chi connectivity index (χ2n) is 3.46. The number of hydrogen-bond acceptors (Lipinski definition) is 3. The molecular weight excluding hydrogens is 216 g/mol. The summed E-state index contributed by atoms with van der Waals surface area (Å²) in [4.78, 5) is 10.4. The molecule has 0 amide bonds. The monoisotopic (exact) mass is 230 g/mol. The highest BCUT2D eigenvalue weighted by atomic mass is 32.2. The SMILES string of the molecule is CC(CC(=O)O)S(=O)Cc1cnn(C)c1. The van der Waals surface area contributed by atoms with Crippen molar-refractivity contribution in [3.63, 3.8) is 0 Å². The summed E-state index contributed by atoms with van der Waals surface area (Å²) in [6, 6.07) is 0. The minimum atomic E-state index is -1.16. The van der Waals surface area contributed by atoms with Crippen LogP contribution in [-0.4, -0.2) is 30.3 Å². The van der Waals surface area contributed by atoms with Crippen LogP contribution in [0.5, 0.6) is 0 Å². The second-order valence-corrected chi connectivity index (χ2v) is 5.31.